The molecule has 3 heteroatoms. The zero-order valence-electron chi connectivity index (χ0n) is 4.39. The number of hydrogen-bond donors (Lipinski definition) is 1. The number of epoxide rings is 1. The Kier molecular flexibility index (Phi) is 3.34. The molecule has 2 atom stereocenters. The van der Waals surface area contributed by atoms with E-state index in [4.69, 9.17) is 16.7 Å². The molecule has 7 heavy (non-hydrogen) atoms. The Labute approximate surface area is 48.0 Å². The predicted octanol–water partition coefficient (Wildman–Crippen LogP) is 0.579. The SMILES string of the molecule is CC1OC1Cl.CO. The third kappa shape index (κ3) is 2.85. The van der Waals surface area contributed by atoms with Crippen LogP contribution in [-0.4, -0.2) is 23.9 Å². The molecule has 1 N–H and O–H groups in total. The first-order chi connectivity index (χ1) is 3.30. The number of ether oxygens (including phenoxy) is 1. The Morgan fingerprint density at radius 3 is 1.71 bits per heavy atom. The highest BCUT2D eigenvalue weighted by molar-refractivity contribution is 6.21. The first kappa shape index (κ1) is 7.21. The van der Waals surface area contributed by atoms with Gasteiger partial charge in [0.05, 0.1) is 6.10 Å². The lowest BCUT2D eigenvalue weighted by Gasteiger charge is -1.55. The van der Waals surface area contributed by atoms with Gasteiger partial charge in [0, 0.05) is 7.11 Å². The lowest BCUT2D eigenvalue weighted by Crippen LogP contribution is -1.69. The summed E-state index contributed by atoms with van der Waals surface area (Å²) in [5.74, 6) is 0. The van der Waals surface area contributed by atoms with Gasteiger partial charge in [0.2, 0.25) is 0 Å². The summed E-state index contributed by atoms with van der Waals surface area (Å²) in [6.45, 7) is 1.94. The average Bonchev–Trinajstić information content (AvgIpc) is 2.27. The van der Waals surface area contributed by atoms with Crippen LogP contribution < -0.4 is 0 Å². The van der Waals surface area contributed by atoms with Crippen LogP contribution in [0.5, 0.6) is 0 Å². The van der Waals surface area contributed by atoms with Gasteiger partial charge in [0.1, 0.15) is 0 Å². The summed E-state index contributed by atoms with van der Waals surface area (Å²) in [5, 5.41) is 7.00. The molecule has 44 valence electrons. The van der Waals surface area contributed by atoms with Crippen molar-refractivity contribution in [3.8, 4) is 0 Å². The van der Waals surface area contributed by atoms with Crippen LogP contribution in [0.4, 0.5) is 0 Å². The first-order valence-electron chi connectivity index (χ1n) is 2.05. The standard InChI is InChI=1S/C3H5ClO.CH4O/c1-2-3(4)5-2;1-2/h2-3H,1H3;2H,1H3. The second-order valence-electron chi connectivity index (χ2n) is 1.19. The number of halogens is 1. The normalized spacial score (nSPS) is 36.0. The molecule has 1 rings (SSSR count). The summed E-state index contributed by atoms with van der Waals surface area (Å²) in [5.41, 5.74) is 0.0231. The molecule has 2 unspecified atom stereocenters. The molecule has 1 aliphatic rings. The fourth-order valence-corrected chi connectivity index (χ4v) is 0.322. The van der Waals surface area contributed by atoms with E-state index in [1.165, 1.54) is 0 Å². The maximum absolute atomic E-state index is 7.00. The average molecular weight is 125 g/mol. The summed E-state index contributed by atoms with van der Waals surface area (Å²) in [6.07, 6.45) is 0.316. The van der Waals surface area contributed by atoms with Crippen molar-refractivity contribution in [1.29, 1.82) is 0 Å². The molecule has 0 aromatic carbocycles. The lowest BCUT2D eigenvalue weighted by molar-refractivity contribution is 0.399. The van der Waals surface area contributed by atoms with Crippen molar-refractivity contribution in [2.24, 2.45) is 0 Å². The molecular weight excluding hydrogens is 115 g/mol. The van der Waals surface area contributed by atoms with Crippen LogP contribution in [0.2, 0.25) is 0 Å². The summed E-state index contributed by atoms with van der Waals surface area (Å²) in [4.78, 5) is 0. The van der Waals surface area contributed by atoms with E-state index in [9.17, 15) is 0 Å². The molecule has 1 heterocycles. The molecule has 0 saturated carbocycles. The summed E-state index contributed by atoms with van der Waals surface area (Å²) in [7, 11) is 1.00. The minimum atomic E-state index is 0.0231. The van der Waals surface area contributed by atoms with Crippen LogP contribution in [0.3, 0.4) is 0 Å². The molecule has 0 radical (unpaired) electrons. The Bertz CT molecular complexity index is 43.0. The fraction of sp³-hybridized carbons (Fsp3) is 1.00. The van der Waals surface area contributed by atoms with Crippen molar-refractivity contribution in [2.75, 3.05) is 7.11 Å². The third-order valence-corrected chi connectivity index (χ3v) is 1.09. The Hall–Kier alpha value is 0.210. The topological polar surface area (TPSA) is 32.8 Å². The molecule has 1 saturated heterocycles. The maximum atomic E-state index is 7.00. The van der Waals surface area contributed by atoms with Crippen molar-refractivity contribution in [3.05, 3.63) is 0 Å². The van der Waals surface area contributed by atoms with E-state index in [1.54, 1.807) is 0 Å². The van der Waals surface area contributed by atoms with Gasteiger partial charge in [0.25, 0.3) is 0 Å². The van der Waals surface area contributed by atoms with Gasteiger partial charge in [-0.15, -0.1) is 0 Å². The van der Waals surface area contributed by atoms with Gasteiger partial charge in [-0.1, -0.05) is 11.6 Å². The zero-order chi connectivity index (χ0) is 5.86. The van der Waals surface area contributed by atoms with Gasteiger partial charge in [0.15, 0.2) is 5.56 Å². The Balaban J connectivity index is 0.000000162. The number of aliphatic hydroxyl groups is 1. The van der Waals surface area contributed by atoms with Gasteiger partial charge in [-0.25, -0.2) is 0 Å². The highest BCUT2D eigenvalue weighted by atomic mass is 35.5. The molecule has 0 aromatic rings. The van der Waals surface area contributed by atoms with E-state index < -0.39 is 0 Å². The van der Waals surface area contributed by atoms with Crippen LogP contribution in [-0.2, 0) is 4.74 Å². The Morgan fingerprint density at radius 1 is 1.57 bits per heavy atom. The van der Waals surface area contributed by atoms with Crippen LogP contribution in [0, 0.1) is 0 Å². The quantitative estimate of drug-likeness (QED) is 0.379. The summed E-state index contributed by atoms with van der Waals surface area (Å²) in [6, 6.07) is 0. The van der Waals surface area contributed by atoms with Crippen molar-refractivity contribution < 1.29 is 9.84 Å². The molecule has 0 bridgehead atoms. The second-order valence-corrected chi connectivity index (χ2v) is 1.62. The highest BCUT2D eigenvalue weighted by Crippen LogP contribution is 2.23. The van der Waals surface area contributed by atoms with Crippen molar-refractivity contribution in [3.63, 3.8) is 0 Å². The predicted molar refractivity (Wildman–Crippen MR) is 28.3 cm³/mol. The van der Waals surface area contributed by atoms with Crippen LogP contribution in [0.25, 0.3) is 0 Å². The monoisotopic (exact) mass is 124 g/mol. The van der Waals surface area contributed by atoms with Crippen LogP contribution in [0.1, 0.15) is 6.92 Å². The van der Waals surface area contributed by atoms with E-state index >= 15 is 0 Å². The number of rotatable bonds is 0. The van der Waals surface area contributed by atoms with E-state index in [0.29, 0.717) is 6.10 Å². The molecule has 0 amide bonds. The summed E-state index contributed by atoms with van der Waals surface area (Å²) < 4.78 is 4.68. The smallest absolute Gasteiger partial charge is 0.157 e. The molecule has 1 fully saturated rings. The van der Waals surface area contributed by atoms with E-state index in [1.807, 2.05) is 6.92 Å². The molecular formula is C4H9ClO2. The van der Waals surface area contributed by atoms with Gasteiger partial charge in [-0.05, 0) is 6.92 Å². The van der Waals surface area contributed by atoms with Gasteiger partial charge >= 0.3 is 0 Å². The Morgan fingerprint density at radius 2 is 1.71 bits per heavy atom. The minimum absolute atomic E-state index is 0.0231. The van der Waals surface area contributed by atoms with Gasteiger partial charge in [-0.3, -0.25) is 0 Å². The largest absolute Gasteiger partial charge is 0.400 e. The highest BCUT2D eigenvalue weighted by Gasteiger charge is 2.30. The van der Waals surface area contributed by atoms with Crippen molar-refractivity contribution in [2.45, 2.75) is 18.6 Å². The summed E-state index contributed by atoms with van der Waals surface area (Å²) >= 11 is 5.31. The van der Waals surface area contributed by atoms with E-state index in [-0.39, 0.29) is 5.56 Å². The molecule has 2 nitrogen and oxygen atoms in total. The van der Waals surface area contributed by atoms with Crippen molar-refractivity contribution in [1.82, 2.24) is 0 Å². The van der Waals surface area contributed by atoms with E-state index in [0.717, 1.165) is 7.11 Å². The second kappa shape index (κ2) is 3.24. The number of alkyl halides is 1. The van der Waals surface area contributed by atoms with Gasteiger partial charge < -0.3 is 9.84 Å². The minimum Gasteiger partial charge on any atom is -0.400 e. The van der Waals surface area contributed by atoms with Crippen molar-refractivity contribution >= 4 is 11.6 Å². The maximum Gasteiger partial charge on any atom is 0.157 e. The number of aliphatic hydroxyl groups excluding tert-OH is 1. The fourth-order valence-electron chi connectivity index (χ4n) is 0.160. The van der Waals surface area contributed by atoms with Crippen LogP contribution >= 0.6 is 11.6 Å². The van der Waals surface area contributed by atoms with E-state index in [2.05, 4.69) is 4.74 Å². The lowest BCUT2D eigenvalue weighted by atomic mass is 10.6. The third-order valence-electron chi connectivity index (χ3n) is 0.637. The van der Waals surface area contributed by atoms with Crippen LogP contribution in [0.15, 0.2) is 0 Å². The first-order valence-corrected chi connectivity index (χ1v) is 2.48. The molecule has 0 spiro atoms. The number of hydrogen-bond acceptors (Lipinski definition) is 2. The zero-order valence-corrected chi connectivity index (χ0v) is 5.14. The molecule has 0 aliphatic carbocycles. The molecule has 0 aromatic heterocycles. The van der Waals surface area contributed by atoms with Gasteiger partial charge in [-0.2, -0.15) is 0 Å². The molecule has 1 aliphatic heterocycles.